The summed E-state index contributed by atoms with van der Waals surface area (Å²) in [5.41, 5.74) is 5.28. The maximum atomic E-state index is 12.3. The molecule has 0 aliphatic heterocycles. The number of hydrazine groups is 1. The molecular formula is C17H25BrN2O3. The maximum Gasteiger partial charge on any atom is 0.273 e. The second-order valence-electron chi connectivity index (χ2n) is 5.30. The predicted molar refractivity (Wildman–Crippen MR) is 94.3 cm³/mol. The van der Waals surface area contributed by atoms with Crippen LogP contribution in [0.4, 0.5) is 0 Å². The van der Waals surface area contributed by atoms with Crippen molar-refractivity contribution in [2.75, 3.05) is 6.61 Å². The van der Waals surface area contributed by atoms with Gasteiger partial charge in [-0.2, -0.15) is 0 Å². The lowest BCUT2D eigenvalue weighted by molar-refractivity contribution is -0.121. The molecule has 0 saturated heterocycles. The highest BCUT2D eigenvalue weighted by molar-refractivity contribution is 9.10. The summed E-state index contributed by atoms with van der Waals surface area (Å²) in [6, 6.07) is 5.25. The van der Waals surface area contributed by atoms with Crippen LogP contribution in [0.25, 0.3) is 0 Å². The summed E-state index contributed by atoms with van der Waals surface area (Å²) in [5, 5.41) is 0. The van der Waals surface area contributed by atoms with Crippen molar-refractivity contribution < 1.29 is 14.3 Å². The van der Waals surface area contributed by atoms with Crippen LogP contribution in [-0.2, 0) is 4.79 Å². The molecule has 0 saturated carbocycles. The van der Waals surface area contributed by atoms with E-state index in [0.29, 0.717) is 24.3 Å². The quantitative estimate of drug-likeness (QED) is 0.499. The van der Waals surface area contributed by atoms with Gasteiger partial charge in [-0.05, 0) is 31.0 Å². The van der Waals surface area contributed by atoms with E-state index in [1.807, 2.05) is 6.07 Å². The van der Waals surface area contributed by atoms with Gasteiger partial charge in [-0.15, -0.1) is 0 Å². The summed E-state index contributed by atoms with van der Waals surface area (Å²) in [5.74, 6) is -0.0590. The van der Waals surface area contributed by atoms with Crippen LogP contribution in [0.15, 0.2) is 22.7 Å². The maximum absolute atomic E-state index is 12.3. The Morgan fingerprint density at radius 1 is 1.09 bits per heavy atom. The van der Waals surface area contributed by atoms with Crippen molar-refractivity contribution in [3.8, 4) is 5.75 Å². The molecule has 0 bridgehead atoms. The number of amides is 2. The molecule has 128 valence electrons. The smallest absolute Gasteiger partial charge is 0.273 e. The molecule has 0 radical (unpaired) electrons. The third kappa shape index (κ3) is 7.50. The summed E-state index contributed by atoms with van der Waals surface area (Å²) in [4.78, 5) is 23.9. The van der Waals surface area contributed by atoms with Crippen molar-refractivity contribution in [3.05, 3.63) is 28.2 Å². The number of rotatable bonds is 9. The van der Waals surface area contributed by atoms with E-state index in [2.05, 4.69) is 40.6 Å². The Bertz CT molecular complexity index is 521. The lowest BCUT2D eigenvalue weighted by atomic mass is 10.2. The number of carbonyl (C=O) groups is 2. The molecular weight excluding hydrogens is 360 g/mol. The predicted octanol–water partition coefficient (Wildman–Crippen LogP) is 3.97. The molecule has 0 aliphatic rings. The van der Waals surface area contributed by atoms with Crippen LogP contribution < -0.4 is 15.6 Å². The van der Waals surface area contributed by atoms with Crippen molar-refractivity contribution in [3.63, 3.8) is 0 Å². The highest BCUT2D eigenvalue weighted by Crippen LogP contribution is 2.23. The standard InChI is InChI=1S/C17H25BrN2O3/c1-3-5-7-8-16(21)19-20-17(22)14-12-13(18)9-10-15(14)23-11-6-4-2/h9-10,12H,3-8,11H2,1-2H3,(H,19,21)(H,20,22). The van der Waals surface area contributed by atoms with Crippen LogP contribution >= 0.6 is 15.9 Å². The molecule has 23 heavy (non-hydrogen) atoms. The molecule has 0 heterocycles. The van der Waals surface area contributed by atoms with Crippen molar-refractivity contribution in [1.82, 2.24) is 10.9 Å². The van der Waals surface area contributed by atoms with E-state index in [1.54, 1.807) is 12.1 Å². The van der Waals surface area contributed by atoms with Gasteiger partial charge in [-0.3, -0.25) is 20.4 Å². The number of unbranched alkanes of at least 4 members (excludes halogenated alkanes) is 3. The van der Waals surface area contributed by atoms with E-state index in [4.69, 9.17) is 4.74 Å². The number of carbonyl (C=O) groups excluding carboxylic acids is 2. The van der Waals surface area contributed by atoms with Crippen LogP contribution in [0, 0.1) is 0 Å². The lowest BCUT2D eigenvalue weighted by Crippen LogP contribution is -2.41. The van der Waals surface area contributed by atoms with Gasteiger partial charge in [0.2, 0.25) is 5.91 Å². The first-order valence-electron chi connectivity index (χ1n) is 8.10. The molecule has 2 amide bonds. The van der Waals surface area contributed by atoms with E-state index >= 15 is 0 Å². The van der Waals surface area contributed by atoms with Gasteiger partial charge >= 0.3 is 0 Å². The zero-order valence-electron chi connectivity index (χ0n) is 13.8. The van der Waals surface area contributed by atoms with Gasteiger partial charge < -0.3 is 4.74 Å². The minimum Gasteiger partial charge on any atom is -0.493 e. The normalized spacial score (nSPS) is 10.2. The molecule has 0 unspecified atom stereocenters. The molecule has 2 N–H and O–H groups in total. The second kappa shape index (κ2) is 11.0. The average molecular weight is 385 g/mol. The van der Waals surface area contributed by atoms with Crippen LogP contribution in [-0.4, -0.2) is 18.4 Å². The van der Waals surface area contributed by atoms with Crippen LogP contribution in [0.2, 0.25) is 0 Å². The summed E-state index contributed by atoms with van der Waals surface area (Å²) in [6.45, 7) is 4.71. The number of nitrogens with one attached hydrogen (secondary N) is 2. The molecule has 1 aromatic rings. The molecule has 0 spiro atoms. The van der Waals surface area contributed by atoms with Crippen molar-refractivity contribution in [2.45, 2.75) is 52.4 Å². The van der Waals surface area contributed by atoms with Crippen molar-refractivity contribution >= 4 is 27.7 Å². The first-order valence-corrected chi connectivity index (χ1v) is 8.89. The molecule has 5 nitrogen and oxygen atoms in total. The topological polar surface area (TPSA) is 67.4 Å². The van der Waals surface area contributed by atoms with E-state index < -0.39 is 0 Å². The fraction of sp³-hybridized carbons (Fsp3) is 0.529. The van der Waals surface area contributed by atoms with Crippen LogP contribution in [0.1, 0.15) is 62.7 Å². The zero-order valence-corrected chi connectivity index (χ0v) is 15.4. The van der Waals surface area contributed by atoms with Gasteiger partial charge in [0, 0.05) is 10.9 Å². The zero-order chi connectivity index (χ0) is 17.1. The minimum absolute atomic E-state index is 0.185. The number of hydrogen-bond acceptors (Lipinski definition) is 3. The average Bonchev–Trinajstić information content (AvgIpc) is 2.54. The summed E-state index contributed by atoms with van der Waals surface area (Å²) >= 11 is 3.35. The Kier molecular flexibility index (Phi) is 9.36. The fourth-order valence-corrected chi connectivity index (χ4v) is 2.28. The summed E-state index contributed by atoms with van der Waals surface area (Å²) in [6.07, 6.45) is 5.22. The van der Waals surface area contributed by atoms with Crippen molar-refractivity contribution in [2.24, 2.45) is 0 Å². The van der Waals surface area contributed by atoms with E-state index in [9.17, 15) is 9.59 Å². The van der Waals surface area contributed by atoms with Gasteiger partial charge in [0.1, 0.15) is 5.75 Å². The number of ether oxygens (including phenoxy) is 1. The van der Waals surface area contributed by atoms with Crippen molar-refractivity contribution in [1.29, 1.82) is 0 Å². The molecule has 0 fully saturated rings. The van der Waals surface area contributed by atoms with E-state index in [-0.39, 0.29) is 11.8 Å². The second-order valence-corrected chi connectivity index (χ2v) is 6.22. The number of benzene rings is 1. The number of halogens is 1. The van der Waals surface area contributed by atoms with Gasteiger partial charge in [0.25, 0.3) is 5.91 Å². The monoisotopic (exact) mass is 384 g/mol. The van der Waals surface area contributed by atoms with E-state index in [1.165, 1.54) is 0 Å². The molecule has 6 heteroatoms. The van der Waals surface area contributed by atoms with Crippen LogP contribution in [0.5, 0.6) is 5.75 Å². The van der Waals surface area contributed by atoms with Gasteiger partial charge in [0.15, 0.2) is 0 Å². The van der Waals surface area contributed by atoms with Crippen LogP contribution in [0.3, 0.4) is 0 Å². The Morgan fingerprint density at radius 3 is 2.52 bits per heavy atom. The number of hydrogen-bond donors (Lipinski definition) is 2. The molecule has 1 aromatic carbocycles. The highest BCUT2D eigenvalue weighted by Gasteiger charge is 2.14. The van der Waals surface area contributed by atoms with Gasteiger partial charge in [0.05, 0.1) is 12.2 Å². The first kappa shape index (κ1) is 19.5. The third-order valence-electron chi connectivity index (χ3n) is 3.26. The summed E-state index contributed by atoms with van der Waals surface area (Å²) < 4.78 is 6.42. The first-order chi connectivity index (χ1) is 11.1. The van der Waals surface area contributed by atoms with Gasteiger partial charge in [-0.25, -0.2) is 0 Å². The Balaban J connectivity index is 2.60. The molecule has 0 aliphatic carbocycles. The minimum atomic E-state index is -0.387. The Labute approximate surface area is 146 Å². The van der Waals surface area contributed by atoms with E-state index in [0.717, 1.165) is 36.6 Å². The van der Waals surface area contributed by atoms with Gasteiger partial charge in [-0.1, -0.05) is 49.0 Å². The third-order valence-corrected chi connectivity index (χ3v) is 3.76. The molecule has 0 atom stereocenters. The highest BCUT2D eigenvalue weighted by atomic mass is 79.9. The Morgan fingerprint density at radius 2 is 1.83 bits per heavy atom. The fourth-order valence-electron chi connectivity index (χ4n) is 1.92. The molecule has 0 aromatic heterocycles. The Hall–Kier alpha value is -1.56. The largest absolute Gasteiger partial charge is 0.493 e. The SMILES string of the molecule is CCCCCC(=O)NNC(=O)c1cc(Br)ccc1OCCCC. The summed E-state index contributed by atoms with van der Waals surface area (Å²) in [7, 11) is 0. The lowest BCUT2D eigenvalue weighted by Gasteiger charge is -2.12. The molecule has 1 rings (SSSR count).